The molecule has 0 amide bonds. The molecule has 0 aliphatic heterocycles. The van der Waals surface area contributed by atoms with Crippen LogP contribution in [0.1, 0.15) is 52.5 Å². The van der Waals surface area contributed by atoms with Crippen molar-refractivity contribution in [2.45, 2.75) is 59.7 Å². The van der Waals surface area contributed by atoms with Crippen LogP contribution >= 0.6 is 0 Å². The first-order valence-corrected chi connectivity index (χ1v) is 8.24. The fourth-order valence-electron chi connectivity index (χ4n) is 1.72. The van der Waals surface area contributed by atoms with Gasteiger partial charge < -0.3 is 9.47 Å². The molecule has 0 bridgehead atoms. The molecule has 3 nitrogen and oxygen atoms in total. The highest BCUT2D eigenvalue weighted by molar-refractivity contribution is 5.75. The van der Waals surface area contributed by atoms with E-state index >= 15 is 0 Å². The van der Waals surface area contributed by atoms with Gasteiger partial charge in [-0.05, 0) is 32.8 Å². The summed E-state index contributed by atoms with van der Waals surface area (Å²) in [5.41, 5.74) is 0.551. The highest BCUT2D eigenvalue weighted by Gasteiger charge is 2.25. The van der Waals surface area contributed by atoms with Gasteiger partial charge in [0.15, 0.2) is 6.10 Å². The molecule has 1 rings (SSSR count). The molecule has 1 aromatic carbocycles. The fourth-order valence-corrected chi connectivity index (χ4v) is 1.72. The predicted octanol–water partition coefficient (Wildman–Crippen LogP) is 4.35. The molecule has 1 aromatic rings. The van der Waals surface area contributed by atoms with E-state index in [1.807, 2.05) is 51.1 Å². The average molecular weight is 316 g/mol. The number of unbranched alkanes of at least 4 members (excludes halogenated alkanes) is 2. The molecule has 0 N–H and O–H groups in total. The molecular weight excluding hydrogens is 288 g/mol. The summed E-state index contributed by atoms with van der Waals surface area (Å²) in [7, 11) is 0. The highest BCUT2D eigenvalue weighted by Crippen LogP contribution is 2.16. The lowest BCUT2D eigenvalue weighted by atomic mass is 9.97. The van der Waals surface area contributed by atoms with Crippen LogP contribution in [0.5, 0.6) is 0 Å². The molecular formula is C20H28O3. The lowest BCUT2D eigenvalue weighted by Gasteiger charge is -2.20. The molecule has 1 unspecified atom stereocenters. The summed E-state index contributed by atoms with van der Waals surface area (Å²) in [5.74, 6) is 5.86. The van der Waals surface area contributed by atoms with E-state index < -0.39 is 11.5 Å². The van der Waals surface area contributed by atoms with Crippen molar-refractivity contribution in [3.63, 3.8) is 0 Å². The molecule has 0 aromatic heterocycles. The van der Waals surface area contributed by atoms with Crippen LogP contribution in [0.2, 0.25) is 0 Å². The van der Waals surface area contributed by atoms with E-state index in [0.29, 0.717) is 6.61 Å². The van der Waals surface area contributed by atoms with Crippen molar-refractivity contribution < 1.29 is 14.3 Å². The first-order valence-electron chi connectivity index (χ1n) is 8.24. The van der Waals surface area contributed by atoms with Crippen molar-refractivity contribution in [1.29, 1.82) is 0 Å². The number of benzene rings is 1. The van der Waals surface area contributed by atoms with Gasteiger partial charge in [-0.3, -0.25) is 4.79 Å². The van der Waals surface area contributed by atoms with Gasteiger partial charge in [0.05, 0.1) is 18.6 Å². The maximum absolute atomic E-state index is 12.1. The first kappa shape index (κ1) is 19.3. The molecule has 0 fully saturated rings. The van der Waals surface area contributed by atoms with Gasteiger partial charge in [-0.1, -0.05) is 55.5 Å². The van der Waals surface area contributed by atoms with Crippen LogP contribution < -0.4 is 0 Å². The molecule has 0 aliphatic carbocycles. The normalized spacial score (nSPS) is 12.2. The second-order valence-corrected chi connectivity index (χ2v) is 6.57. The van der Waals surface area contributed by atoms with Crippen LogP contribution in [0.4, 0.5) is 0 Å². The molecule has 0 heterocycles. The number of carbonyl (C=O) groups excluding carboxylic acids is 1. The van der Waals surface area contributed by atoms with Gasteiger partial charge in [-0.2, -0.15) is 0 Å². The number of ether oxygens (including phenoxy) is 2. The number of hydrogen-bond donors (Lipinski definition) is 0. The van der Waals surface area contributed by atoms with Crippen LogP contribution in [0.15, 0.2) is 30.3 Å². The first-order chi connectivity index (χ1) is 10.9. The second-order valence-electron chi connectivity index (χ2n) is 6.57. The van der Waals surface area contributed by atoms with E-state index in [9.17, 15) is 4.79 Å². The zero-order chi connectivity index (χ0) is 17.1. The second kappa shape index (κ2) is 10.1. The molecule has 23 heavy (non-hydrogen) atoms. The molecule has 0 saturated carbocycles. The number of hydrogen-bond acceptors (Lipinski definition) is 3. The minimum Gasteiger partial charge on any atom is -0.446 e. The van der Waals surface area contributed by atoms with Gasteiger partial charge >= 0.3 is 5.97 Å². The van der Waals surface area contributed by atoms with Crippen molar-refractivity contribution >= 4 is 5.97 Å². The van der Waals surface area contributed by atoms with Crippen molar-refractivity contribution in [1.82, 2.24) is 0 Å². The maximum Gasteiger partial charge on any atom is 0.312 e. The minimum atomic E-state index is -0.539. The molecule has 1 atom stereocenters. The van der Waals surface area contributed by atoms with Gasteiger partial charge in [0.1, 0.15) is 0 Å². The van der Waals surface area contributed by atoms with Crippen molar-refractivity contribution in [2.24, 2.45) is 5.41 Å². The van der Waals surface area contributed by atoms with Crippen LogP contribution in [-0.4, -0.2) is 18.7 Å². The lowest BCUT2D eigenvalue weighted by molar-refractivity contribution is -0.158. The summed E-state index contributed by atoms with van der Waals surface area (Å²) in [5, 5.41) is 0. The van der Waals surface area contributed by atoms with Gasteiger partial charge in [0.2, 0.25) is 0 Å². The minimum absolute atomic E-state index is 0.254. The molecule has 0 aliphatic rings. The van der Waals surface area contributed by atoms with E-state index in [0.717, 1.165) is 24.8 Å². The molecule has 126 valence electrons. The van der Waals surface area contributed by atoms with Gasteiger partial charge in [-0.25, -0.2) is 0 Å². The van der Waals surface area contributed by atoms with E-state index in [2.05, 4.69) is 18.8 Å². The average Bonchev–Trinajstić information content (AvgIpc) is 2.51. The van der Waals surface area contributed by atoms with Crippen LogP contribution in [0, 0.1) is 17.3 Å². The van der Waals surface area contributed by atoms with Crippen molar-refractivity contribution in [2.75, 3.05) is 6.61 Å². The number of carbonyl (C=O) groups is 1. The third kappa shape index (κ3) is 8.42. The predicted molar refractivity (Wildman–Crippen MR) is 92.7 cm³/mol. The Hall–Kier alpha value is -1.79. The SMILES string of the molecule is CCCCC#CC(COCc1ccccc1)OC(=O)C(C)(C)C. The summed E-state index contributed by atoms with van der Waals surface area (Å²) in [6.07, 6.45) is 2.46. The van der Waals surface area contributed by atoms with Crippen molar-refractivity contribution in [3.05, 3.63) is 35.9 Å². The zero-order valence-electron chi connectivity index (χ0n) is 14.7. The van der Waals surface area contributed by atoms with E-state index in [1.165, 1.54) is 0 Å². The summed E-state index contributed by atoms with van der Waals surface area (Å²) in [4.78, 5) is 12.1. The van der Waals surface area contributed by atoms with E-state index in [4.69, 9.17) is 9.47 Å². The number of esters is 1. The molecule has 0 spiro atoms. The van der Waals surface area contributed by atoms with Crippen LogP contribution in [0.25, 0.3) is 0 Å². The monoisotopic (exact) mass is 316 g/mol. The third-order valence-corrected chi connectivity index (χ3v) is 3.16. The fraction of sp³-hybridized carbons (Fsp3) is 0.550. The Balaban J connectivity index is 2.55. The third-order valence-electron chi connectivity index (χ3n) is 3.16. The standard InChI is InChI=1S/C20H28O3/c1-5-6-7-11-14-18(23-19(21)20(2,3)4)16-22-15-17-12-9-8-10-13-17/h8-10,12-13,18H,5-7,15-16H2,1-4H3. The summed E-state index contributed by atoms with van der Waals surface area (Å²) in [6, 6.07) is 9.92. The van der Waals surface area contributed by atoms with Crippen LogP contribution in [-0.2, 0) is 20.9 Å². The van der Waals surface area contributed by atoms with Gasteiger partial charge in [0, 0.05) is 6.42 Å². The Labute approximate surface area is 140 Å². The Kier molecular flexibility index (Phi) is 8.43. The molecule has 3 heteroatoms. The molecule has 0 saturated heterocycles. The topological polar surface area (TPSA) is 35.5 Å². The maximum atomic E-state index is 12.1. The zero-order valence-corrected chi connectivity index (χ0v) is 14.7. The Bertz CT molecular complexity index is 517. The summed E-state index contributed by atoms with van der Waals surface area (Å²) in [6.45, 7) is 8.41. The molecule has 0 radical (unpaired) electrons. The Morgan fingerprint density at radius 2 is 1.91 bits per heavy atom. The van der Waals surface area contributed by atoms with Crippen LogP contribution in [0.3, 0.4) is 0 Å². The van der Waals surface area contributed by atoms with Crippen molar-refractivity contribution in [3.8, 4) is 11.8 Å². The quantitative estimate of drug-likeness (QED) is 0.426. The Morgan fingerprint density at radius 3 is 2.52 bits per heavy atom. The summed E-state index contributed by atoms with van der Waals surface area (Å²) < 4.78 is 11.2. The highest BCUT2D eigenvalue weighted by atomic mass is 16.6. The van der Waals surface area contributed by atoms with Gasteiger partial charge in [-0.15, -0.1) is 0 Å². The van der Waals surface area contributed by atoms with E-state index in [-0.39, 0.29) is 12.6 Å². The number of rotatable bonds is 7. The smallest absolute Gasteiger partial charge is 0.312 e. The summed E-state index contributed by atoms with van der Waals surface area (Å²) >= 11 is 0. The van der Waals surface area contributed by atoms with E-state index in [1.54, 1.807) is 0 Å². The Morgan fingerprint density at radius 1 is 1.22 bits per heavy atom. The lowest BCUT2D eigenvalue weighted by Crippen LogP contribution is -2.30. The largest absolute Gasteiger partial charge is 0.446 e. The van der Waals surface area contributed by atoms with Gasteiger partial charge in [0.25, 0.3) is 0 Å².